The second kappa shape index (κ2) is 7.49. The molecule has 1 aliphatic carbocycles. The van der Waals surface area contributed by atoms with Crippen molar-refractivity contribution in [2.45, 2.75) is 56.6 Å². The smallest absolute Gasteiger partial charge is 0.230 e. The lowest BCUT2D eigenvalue weighted by Gasteiger charge is -2.32. The fraction of sp³-hybridized carbons (Fsp3) is 0.647. The number of hydrogen-bond donors (Lipinski definition) is 1. The maximum atomic E-state index is 12.2. The zero-order valence-corrected chi connectivity index (χ0v) is 15.0. The minimum absolute atomic E-state index is 0.0164. The molecule has 1 N–H and O–H groups in total. The average molecular weight is 345 g/mol. The molecule has 1 saturated heterocycles. The molecule has 1 aromatic heterocycles. The van der Waals surface area contributed by atoms with Gasteiger partial charge in [-0.25, -0.2) is 9.97 Å². The fourth-order valence-corrected chi connectivity index (χ4v) is 4.05. The molecule has 24 heavy (non-hydrogen) atoms. The van der Waals surface area contributed by atoms with Crippen LogP contribution >= 0.6 is 11.8 Å². The number of carbonyl (C=O) groups is 1. The first-order valence-electron chi connectivity index (χ1n) is 8.48. The first kappa shape index (κ1) is 17.2. The molecule has 0 aromatic carbocycles. The van der Waals surface area contributed by atoms with Gasteiger partial charge in [-0.1, -0.05) is 11.8 Å². The van der Waals surface area contributed by atoms with Gasteiger partial charge < -0.3 is 10.2 Å². The molecule has 0 radical (unpaired) electrons. The molecule has 2 fully saturated rings. The molecular weight excluding hydrogens is 322 g/mol. The van der Waals surface area contributed by atoms with Gasteiger partial charge in [-0.15, -0.1) is 0 Å². The Labute approximate surface area is 147 Å². The molecule has 1 amide bonds. The van der Waals surface area contributed by atoms with Crippen LogP contribution in [0.25, 0.3) is 0 Å². The highest BCUT2D eigenvalue weighted by Crippen LogP contribution is 2.29. The van der Waals surface area contributed by atoms with Crippen molar-refractivity contribution < 1.29 is 4.79 Å². The standard InChI is InChI=1S/C17H23N5OS/c1-11-15(9-18)17(20-12(2)19-11)24-10-16(23)21-13-5-7-22(8-6-13)14-3-4-14/h13-14H,3-8,10H2,1-2H3,(H,21,23). The molecule has 0 bridgehead atoms. The van der Waals surface area contributed by atoms with E-state index in [1.54, 1.807) is 13.8 Å². The number of piperidine rings is 1. The third-order valence-electron chi connectivity index (χ3n) is 4.58. The molecule has 2 heterocycles. The van der Waals surface area contributed by atoms with E-state index in [1.165, 1.54) is 24.6 Å². The summed E-state index contributed by atoms with van der Waals surface area (Å²) >= 11 is 1.32. The number of nitriles is 1. The van der Waals surface area contributed by atoms with Gasteiger partial charge in [0.15, 0.2) is 0 Å². The van der Waals surface area contributed by atoms with E-state index in [0.29, 0.717) is 22.1 Å². The maximum absolute atomic E-state index is 12.2. The predicted molar refractivity (Wildman–Crippen MR) is 92.7 cm³/mol. The van der Waals surface area contributed by atoms with Crippen LogP contribution in [0, 0.1) is 25.2 Å². The number of nitrogens with one attached hydrogen (secondary N) is 1. The van der Waals surface area contributed by atoms with E-state index in [-0.39, 0.29) is 17.7 Å². The number of aryl methyl sites for hydroxylation is 2. The Balaban J connectivity index is 1.48. The molecular formula is C17H23N5OS. The summed E-state index contributed by atoms with van der Waals surface area (Å²) in [4.78, 5) is 23.3. The van der Waals surface area contributed by atoms with Gasteiger partial charge in [0.1, 0.15) is 22.5 Å². The topological polar surface area (TPSA) is 81.9 Å². The van der Waals surface area contributed by atoms with Crippen molar-refractivity contribution in [3.8, 4) is 6.07 Å². The first-order valence-corrected chi connectivity index (χ1v) is 9.47. The summed E-state index contributed by atoms with van der Waals surface area (Å²) in [5, 5.41) is 13.0. The highest BCUT2D eigenvalue weighted by Gasteiger charge is 2.32. The van der Waals surface area contributed by atoms with E-state index in [2.05, 4.69) is 26.3 Å². The van der Waals surface area contributed by atoms with Gasteiger partial charge in [-0.05, 0) is 39.5 Å². The van der Waals surface area contributed by atoms with Gasteiger partial charge in [-0.3, -0.25) is 4.79 Å². The number of aromatic nitrogens is 2. The number of thioether (sulfide) groups is 1. The summed E-state index contributed by atoms with van der Waals surface area (Å²) < 4.78 is 0. The molecule has 0 spiro atoms. The van der Waals surface area contributed by atoms with Crippen LogP contribution in [0.2, 0.25) is 0 Å². The van der Waals surface area contributed by atoms with E-state index in [4.69, 9.17) is 0 Å². The van der Waals surface area contributed by atoms with Crippen LogP contribution in [0.5, 0.6) is 0 Å². The highest BCUT2D eigenvalue weighted by molar-refractivity contribution is 8.00. The molecule has 1 aromatic rings. The number of nitrogens with zero attached hydrogens (tertiary/aromatic N) is 4. The number of amides is 1. The summed E-state index contributed by atoms with van der Waals surface area (Å²) in [5.41, 5.74) is 1.14. The maximum Gasteiger partial charge on any atom is 0.230 e. The minimum Gasteiger partial charge on any atom is -0.353 e. The molecule has 1 saturated carbocycles. The monoisotopic (exact) mass is 345 g/mol. The lowest BCUT2D eigenvalue weighted by molar-refractivity contribution is -0.119. The van der Waals surface area contributed by atoms with E-state index >= 15 is 0 Å². The molecule has 0 unspecified atom stereocenters. The van der Waals surface area contributed by atoms with Gasteiger partial charge in [0.25, 0.3) is 0 Å². The van der Waals surface area contributed by atoms with Crippen LogP contribution in [0.1, 0.15) is 42.8 Å². The minimum atomic E-state index is 0.0164. The van der Waals surface area contributed by atoms with Crippen molar-refractivity contribution in [2.75, 3.05) is 18.8 Å². The molecule has 7 heteroatoms. The Bertz CT molecular complexity index is 660. The number of carbonyl (C=O) groups excluding carboxylic acids is 1. The van der Waals surface area contributed by atoms with Crippen LogP contribution in [0.4, 0.5) is 0 Å². The van der Waals surface area contributed by atoms with Crippen molar-refractivity contribution in [1.82, 2.24) is 20.2 Å². The highest BCUT2D eigenvalue weighted by atomic mass is 32.2. The van der Waals surface area contributed by atoms with Crippen LogP contribution in [0.15, 0.2) is 5.03 Å². The Hall–Kier alpha value is -1.65. The SMILES string of the molecule is Cc1nc(C)c(C#N)c(SCC(=O)NC2CCN(C3CC3)CC2)n1. The molecule has 6 nitrogen and oxygen atoms in total. The Kier molecular flexibility index (Phi) is 5.36. The Morgan fingerprint density at radius 3 is 2.62 bits per heavy atom. The van der Waals surface area contributed by atoms with Gasteiger partial charge in [0.05, 0.1) is 11.4 Å². The third-order valence-corrected chi connectivity index (χ3v) is 5.55. The first-order chi connectivity index (χ1) is 11.6. The number of rotatable bonds is 5. The largest absolute Gasteiger partial charge is 0.353 e. The van der Waals surface area contributed by atoms with Crippen molar-refractivity contribution in [2.24, 2.45) is 0 Å². The Morgan fingerprint density at radius 1 is 1.29 bits per heavy atom. The summed E-state index contributed by atoms with van der Waals surface area (Å²) in [6.07, 6.45) is 4.74. The Morgan fingerprint density at radius 2 is 2.00 bits per heavy atom. The molecule has 0 atom stereocenters. The lowest BCUT2D eigenvalue weighted by Crippen LogP contribution is -2.45. The number of hydrogen-bond acceptors (Lipinski definition) is 6. The zero-order valence-electron chi connectivity index (χ0n) is 14.2. The van der Waals surface area contributed by atoms with Gasteiger partial charge >= 0.3 is 0 Å². The van der Waals surface area contributed by atoms with Crippen molar-refractivity contribution in [3.05, 3.63) is 17.1 Å². The average Bonchev–Trinajstić information content (AvgIpc) is 3.38. The van der Waals surface area contributed by atoms with Crippen LogP contribution in [-0.2, 0) is 4.79 Å². The lowest BCUT2D eigenvalue weighted by atomic mass is 10.1. The number of likely N-dealkylation sites (tertiary alicyclic amines) is 1. The summed E-state index contributed by atoms with van der Waals surface area (Å²) in [6.45, 7) is 5.77. The van der Waals surface area contributed by atoms with Crippen LogP contribution in [-0.4, -0.2) is 51.7 Å². The van der Waals surface area contributed by atoms with Gasteiger partial charge in [0.2, 0.25) is 5.91 Å². The zero-order chi connectivity index (χ0) is 17.1. The molecule has 128 valence electrons. The molecule has 2 aliphatic rings. The van der Waals surface area contributed by atoms with Gasteiger partial charge in [0, 0.05) is 25.2 Å². The van der Waals surface area contributed by atoms with Crippen molar-refractivity contribution in [3.63, 3.8) is 0 Å². The third kappa shape index (κ3) is 4.25. The molecule has 3 rings (SSSR count). The van der Waals surface area contributed by atoms with Crippen LogP contribution < -0.4 is 5.32 Å². The van der Waals surface area contributed by atoms with E-state index in [9.17, 15) is 10.1 Å². The fourth-order valence-electron chi connectivity index (χ4n) is 3.17. The van der Waals surface area contributed by atoms with Crippen molar-refractivity contribution in [1.29, 1.82) is 5.26 Å². The quantitative estimate of drug-likeness (QED) is 0.647. The summed E-state index contributed by atoms with van der Waals surface area (Å²) in [6, 6.07) is 3.22. The summed E-state index contributed by atoms with van der Waals surface area (Å²) in [7, 11) is 0. The van der Waals surface area contributed by atoms with Crippen molar-refractivity contribution >= 4 is 17.7 Å². The normalized spacial score (nSPS) is 19.0. The van der Waals surface area contributed by atoms with E-state index in [1.807, 2.05) is 0 Å². The second-order valence-corrected chi connectivity index (χ2v) is 7.51. The van der Waals surface area contributed by atoms with Gasteiger partial charge in [-0.2, -0.15) is 5.26 Å². The van der Waals surface area contributed by atoms with E-state index in [0.717, 1.165) is 32.0 Å². The molecule has 1 aliphatic heterocycles. The summed E-state index contributed by atoms with van der Waals surface area (Å²) in [5.74, 6) is 0.928. The van der Waals surface area contributed by atoms with E-state index < -0.39 is 0 Å². The second-order valence-electron chi connectivity index (χ2n) is 6.55. The predicted octanol–water partition coefficient (Wildman–Crippen LogP) is 1.80. The van der Waals surface area contributed by atoms with Crippen LogP contribution in [0.3, 0.4) is 0 Å².